The van der Waals surface area contributed by atoms with E-state index in [0.29, 0.717) is 41.3 Å². The number of hydrogen-bond donors (Lipinski definition) is 2. The molecule has 7 nitrogen and oxygen atoms in total. The fourth-order valence-corrected chi connectivity index (χ4v) is 3.92. The number of carbonyl (C=O) groups excluding carboxylic acids is 1. The van der Waals surface area contributed by atoms with Crippen LogP contribution in [0.25, 0.3) is 22.5 Å². The van der Waals surface area contributed by atoms with Gasteiger partial charge in [0.2, 0.25) is 5.76 Å². The van der Waals surface area contributed by atoms with Gasteiger partial charge in [-0.05, 0) is 36.8 Å². The summed E-state index contributed by atoms with van der Waals surface area (Å²) in [6.07, 6.45) is 0. The van der Waals surface area contributed by atoms with Crippen LogP contribution < -0.4 is 10.2 Å². The van der Waals surface area contributed by atoms with Gasteiger partial charge in [-0.25, -0.2) is 4.39 Å². The number of carbonyl (C=O) groups is 1. The molecule has 3 aromatic rings. The first-order chi connectivity index (χ1) is 15.0. The molecule has 0 unspecified atom stereocenters. The molecule has 0 saturated carbocycles. The third-order valence-corrected chi connectivity index (χ3v) is 5.50. The lowest BCUT2D eigenvalue weighted by Crippen LogP contribution is -2.36. The zero-order valence-electron chi connectivity index (χ0n) is 16.8. The van der Waals surface area contributed by atoms with Crippen LogP contribution in [0, 0.1) is 12.7 Å². The smallest absolute Gasteiger partial charge is 0.260 e. The van der Waals surface area contributed by atoms with E-state index in [0.717, 1.165) is 18.8 Å². The van der Waals surface area contributed by atoms with Gasteiger partial charge < -0.3 is 24.6 Å². The molecule has 31 heavy (non-hydrogen) atoms. The highest BCUT2D eigenvalue weighted by atomic mass is 19.1. The zero-order chi connectivity index (χ0) is 21.5. The molecule has 2 aliphatic rings. The van der Waals surface area contributed by atoms with Crippen molar-refractivity contribution >= 4 is 28.6 Å². The van der Waals surface area contributed by atoms with Gasteiger partial charge in [0.15, 0.2) is 5.76 Å². The van der Waals surface area contributed by atoms with E-state index in [1.54, 1.807) is 13.0 Å². The molecule has 0 aliphatic carbocycles. The molecule has 2 aliphatic heterocycles. The minimum Gasteiger partial charge on any atom is -0.504 e. The average Bonchev–Trinajstić information content (AvgIpc) is 3.35. The van der Waals surface area contributed by atoms with Crippen LogP contribution in [0.15, 0.2) is 47.0 Å². The van der Waals surface area contributed by atoms with Crippen LogP contribution in [-0.2, 0) is 9.53 Å². The summed E-state index contributed by atoms with van der Waals surface area (Å²) in [7, 11) is 0. The molecule has 0 spiro atoms. The Morgan fingerprint density at radius 3 is 2.55 bits per heavy atom. The van der Waals surface area contributed by atoms with Gasteiger partial charge in [-0.2, -0.15) is 0 Å². The van der Waals surface area contributed by atoms with Crippen molar-refractivity contribution in [1.82, 2.24) is 5.16 Å². The molecule has 158 valence electrons. The first-order valence-corrected chi connectivity index (χ1v) is 9.96. The highest BCUT2D eigenvalue weighted by molar-refractivity contribution is 6.36. The summed E-state index contributed by atoms with van der Waals surface area (Å²) in [6, 6.07) is 12.0. The Balaban J connectivity index is 1.54. The number of fused-ring (bicyclic) bond motifs is 1. The summed E-state index contributed by atoms with van der Waals surface area (Å²) in [5.41, 5.74) is 3.36. The van der Waals surface area contributed by atoms with E-state index in [1.165, 1.54) is 12.1 Å². The number of benzene rings is 2. The predicted octanol–water partition coefficient (Wildman–Crippen LogP) is 4.00. The Morgan fingerprint density at radius 2 is 1.87 bits per heavy atom. The van der Waals surface area contributed by atoms with Crippen molar-refractivity contribution in [1.29, 1.82) is 0 Å². The molecule has 1 aromatic heterocycles. The Hall–Kier alpha value is -3.65. The largest absolute Gasteiger partial charge is 0.504 e. The van der Waals surface area contributed by atoms with Gasteiger partial charge in [0.1, 0.15) is 5.82 Å². The van der Waals surface area contributed by atoms with Crippen molar-refractivity contribution in [3.8, 4) is 11.1 Å². The van der Waals surface area contributed by atoms with Crippen LogP contribution in [0.4, 0.5) is 15.8 Å². The van der Waals surface area contributed by atoms with Crippen LogP contribution in [0.1, 0.15) is 17.0 Å². The second-order valence-electron chi connectivity index (χ2n) is 7.53. The first-order valence-electron chi connectivity index (χ1n) is 9.96. The van der Waals surface area contributed by atoms with Crippen molar-refractivity contribution in [2.45, 2.75) is 6.92 Å². The van der Waals surface area contributed by atoms with Crippen molar-refractivity contribution < 1.29 is 23.6 Å². The average molecular weight is 421 g/mol. The van der Waals surface area contributed by atoms with E-state index in [9.17, 15) is 14.3 Å². The van der Waals surface area contributed by atoms with E-state index in [2.05, 4.69) is 15.4 Å². The molecular formula is C23H20FN3O4. The van der Waals surface area contributed by atoms with E-state index in [1.807, 2.05) is 24.3 Å². The van der Waals surface area contributed by atoms with Crippen molar-refractivity contribution in [3.05, 3.63) is 65.3 Å². The topological polar surface area (TPSA) is 87.8 Å². The van der Waals surface area contributed by atoms with Crippen LogP contribution in [0.5, 0.6) is 0 Å². The monoisotopic (exact) mass is 421 g/mol. The summed E-state index contributed by atoms with van der Waals surface area (Å²) >= 11 is 0. The van der Waals surface area contributed by atoms with Crippen molar-refractivity contribution in [3.63, 3.8) is 0 Å². The Kier molecular flexibility index (Phi) is 4.71. The number of nitrogens with zero attached hydrogens (tertiary/aromatic N) is 2. The van der Waals surface area contributed by atoms with Crippen LogP contribution in [0.2, 0.25) is 0 Å². The molecular weight excluding hydrogens is 401 g/mol. The van der Waals surface area contributed by atoms with Crippen molar-refractivity contribution in [2.75, 3.05) is 36.5 Å². The van der Waals surface area contributed by atoms with Crippen molar-refractivity contribution in [2.24, 2.45) is 0 Å². The Labute approximate surface area is 177 Å². The van der Waals surface area contributed by atoms with Gasteiger partial charge in [-0.15, -0.1) is 0 Å². The zero-order valence-corrected chi connectivity index (χ0v) is 16.8. The SMILES string of the molecule is Cc1cc(/C(O)=C2\C(=O)Nc3cc(F)c(-c4ccc(N5CCOCC5)cc4)cc32)on1. The van der Waals surface area contributed by atoms with Gasteiger partial charge in [0.05, 0.1) is 30.2 Å². The van der Waals surface area contributed by atoms with Gasteiger partial charge >= 0.3 is 0 Å². The molecule has 0 bridgehead atoms. The standard InChI is InChI=1S/C23H20FN3O4/c1-13-10-20(31-26-13)22(28)21-17-11-16(18(24)12-19(17)25-23(21)29)14-2-4-15(5-3-14)27-6-8-30-9-7-27/h2-5,10-12,28H,6-9H2,1H3,(H,25,29)/b22-21+. The molecule has 1 saturated heterocycles. The number of amides is 1. The maximum atomic E-state index is 14.9. The normalized spacial score (nSPS) is 17.5. The summed E-state index contributed by atoms with van der Waals surface area (Å²) in [4.78, 5) is 14.7. The molecule has 0 radical (unpaired) electrons. The number of halogens is 1. The number of hydrogen-bond acceptors (Lipinski definition) is 6. The molecule has 2 N–H and O–H groups in total. The van der Waals surface area contributed by atoms with E-state index in [4.69, 9.17) is 9.26 Å². The summed E-state index contributed by atoms with van der Waals surface area (Å²) in [5.74, 6) is -1.25. The number of aliphatic hydroxyl groups is 1. The minimum absolute atomic E-state index is 0.0253. The van der Waals surface area contributed by atoms with Gasteiger partial charge in [0, 0.05) is 36.0 Å². The predicted molar refractivity (Wildman–Crippen MR) is 114 cm³/mol. The second-order valence-corrected chi connectivity index (χ2v) is 7.53. The van der Waals surface area contributed by atoms with Crippen LogP contribution in [-0.4, -0.2) is 42.5 Å². The number of aliphatic hydroxyl groups excluding tert-OH is 1. The third-order valence-electron chi connectivity index (χ3n) is 5.50. The lowest BCUT2D eigenvalue weighted by atomic mass is 9.97. The van der Waals surface area contributed by atoms with Gasteiger partial charge in [0.25, 0.3) is 5.91 Å². The van der Waals surface area contributed by atoms with E-state index < -0.39 is 11.7 Å². The molecule has 8 heteroatoms. The number of rotatable bonds is 3. The number of anilines is 2. The maximum absolute atomic E-state index is 14.9. The number of aryl methyl sites for hydroxylation is 1. The third kappa shape index (κ3) is 3.44. The number of nitrogens with one attached hydrogen (secondary N) is 1. The van der Waals surface area contributed by atoms with Gasteiger partial charge in [-0.1, -0.05) is 17.3 Å². The molecule has 0 atom stereocenters. The lowest BCUT2D eigenvalue weighted by molar-refractivity contribution is -0.110. The number of aromatic nitrogens is 1. The molecule has 1 amide bonds. The number of ether oxygens (including phenoxy) is 1. The molecule has 2 aromatic carbocycles. The lowest BCUT2D eigenvalue weighted by Gasteiger charge is -2.29. The minimum atomic E-state index is -0.527. The second kappa shape index (κ2) is 7.55. The van der Waals surface area contributed by atoms with E-state index in [-0.39, 0.29) is 17.1 Å². The van der Waals surface area contributed by atoms with E-state index >= 15 is 0 Å². The van der Waals surface area contributed by atoms with Crippen LogP contribution >= 0.6 is 0 Å². The molecule has 5 rings (SSSR count). The summed E-state index contributed by atoms with van der Waals surface area (Å²) < 4.78 is 25.4. The highest BCUT2D eigenvalue weighted by Gasteiger charge is 2.31. The van der Waals surface area contributed by atoms with Crippen LogP contribution in [0.3, 0.4) is 0 Å². The maximum Gasteiger partial charge on any atom is 0.260 e. The Bertz CT molecular complexity index is 1190. The van der Waals surface area contributed by atoms with Gasteiger partial charge in [-0.3, -0.25) is 4.79 Å². The summed E-state index contributed by atoms with van der Waals surface area (Å²) in [5, 5.41) is 17.0. The fraction of sp³-hybridized carbons (Fsp3) is 0.217. The highest BCUT2D eigenvalue weighted by Crippen LogP contribution is 2.40. The number of morpholine rings is 1. The molecule has 3 heterocycles. The molecule has 1 fully saturated rings. The quantitative estimate of drug-likeness (QED) is 0.491. The Morgan fingerprint density at radius 1 is 1.13 bits per heavy atom. The summed E-state index contributed by atoms with van der Waals surface area (Å²) in [6.45, 7) is 4.71. The first kappa shape index (κ1) is 19.3. The fourth-order valence-electron chi connectivity index (χ4n) is 3.92.